The molecule has 3 aromatic rings. The van der Waals surface area contributed by atoms with E-state index >= 15 is 0 Å². The minimum Gasteiger partial charge on any atom is -0.476 e. The number of carboxylic acid groups (broad SMARTS) is 1. The SMILES string of the molecule is O=C(O)c1cn2cc(C3CC3)nc2c(OCc2ccccc2)n1. The lowest BCUT2D eigenvalue weighted by Crippen LogP contribution is -2.07. The number of hydrogen-bond donors (Lipinski definition) is 1. The smallest absolute Gasteiger partial charge is 0.356 e. The molecule has 1 aromatic carbocycles. The number of benzene rings is 1. The van der Waals surface area contributed by atoms with Crippen LogP contribution in [0.25, 0.3) is 5.65 Å². The number of nitrogens with zero attached hydrogens (tertiary/aromatic N) is 3. The van der Waals surface area contributed by atoms with Gasteiger partial charge in [0.1, 0.15) is 6.61 Å². The summed E-state index contributed by atoms with van der Waals surface area (Å²) in [4.78, 5) is 19.9. The number of aromatic carboxylic acids is 1. The summed E-state index contributed by atoms with van der Waals surface area (Å²) in [5.41, 5.74) is 2.47. The highest BCUT2D eigenvalue weighted by Crippen LogP contribution is 2.39. The molecule has 1 aliphatic carbocycles. The summed E-state index contributed by atoms with van der Waals surface area (Å²) in [6, 6.07) is 9.67. The van der Waals surface area contributed by atoms with E-state index < -0.39 is 5.97 Å². The molecule has 6 nitrogen and oxygen atoms in total. The zero-order valence-corrected chi connectivity index (χ0v) is 12.3. The van der Waals surface area contributed by atoms with Gasteiger partial charge in [-0.1, -0.05) is 30.3 Å². The van der Waals surface area contributed by atoms with E-state index in [1.807, 2.05) is 36.5 Å². The van der Waals surface area contributed by atoms with Gasteiger partial charge in [0.25, 0.3) is 5.88 Å². The maximum atomic E-state index is 11.3. The zero-order valence-electron chi connectivity index (χ0n) is 12.3. The topological polar surface area (TPSA) is 76.7 Å². The van der Waals surface area contributed by atoms with Crippen molar-refractivity contribution in [2.45, 2.75) is 25.4 Å². The van der Waals surface area contributed by atoms with Crippen molar-refractivity contribution in [2.24, 2.45) is 0 Å². The Labute approximate surface area is 132 Å². The molecule has 1 fully saturated rings. The quantitative estimate of drug-likeness (QED) is 0.784. The predicted molar refractivity (Wildman–Crippen MR) is 82.7 cm³/mol. The van der Waals surface area contributed by atoms with Crippen molar-refractivity contribution >= 4 is 11.6 Å². The molecule has 0 unspecified atom stereocenters. The molecule has 0 aliphatic heterocycles. The molecule has 0 radical (unpaired) electrons. The number of hydrogen-bond acceptors (Lipinski definition) is 4. The molecule has 0 saturated heterocycles. The van der Waals surface area contributed by atoms with Crippen LogP contribution in [0.2, 0.25) is 0 Å². The third-order valence-electron chi connectivity index (χ3n) is 3.86. The van der Waals surface area contributed by atoms with Crippen LogP contribution >= 0.6 is 0 Å². The van der Waals surface area contributed by atoms with Crippen molar-refractivity contribution in [2.75, 3.05) is 0 Å². The summed E-state index contributed by atoms with van der Waals surface area (Å²) < 4.78 is 7.45. The van der Waals surface area contributed by atoms with E-state index in [1.54, 1.807) is 4.40 Å². The Morgan fingerprint density at radius 1 is 1.22 bits per heavy atom. The van der Waals surface area contributed by atoms with Crippen molar-refractivity contribution < 1.29 is 14.6 Å². The molecular formula is C17H15N3O3. The second-order valence-corrected chi connectivity index (χ2v) is 5.68. The zero-order chi connectivity index (χ0) is 15.8. The van der Waals surface area contributed by atoms with Crippen molar-refractivity contribution in [1.82, 2.24) is 14.4 Å². The average molecular weight is 309 g/mol. The molecule has 1 aliphatic rings. The van der Waals surface area contributed by atoms with Crippen LogP contribution in [0.1, 0.15) is 40.5 Å². The van der Waals surface area contributed by atoms with Gasteiger partial charge in [0.2, 0.25) is 5.65 Å². The maximum Gasteiger partial charge on any atom is 0.356 e. The van der Waals surface area contributed by atoms with Crippen LogP contribution in [-0.2, 0) is 6.61 Å². The third-order valence-corrected chi connectivity index (χ3v) is 3.86. The number of carboxylic acids is 1. The van der Waals surface area contributed by atoms with Crippen molar-refractivity contribution in [1.29, 1.82) is 0 Å². The van der Waals surface area contributed by atoms with Gasteiger partial charge in [0.05, 0.1) is 5.69 Å². The first-order chi connectivity index (χ1) is 11.2. The van der Waals surface area contributed by atoms with Crippen LogP contribution in [-0.4, -0.2) is 25.4 Å². The highest BCUT2D eigenvalue weighted by molar-refractivity contribution is 5.85. The van der Waals surface area contributed by atoms with Gasteiger partial charge in [0.15, 0.2) is 5.69 Å². The Bertz CT molecular complexity index is 869. The molecule has 23 heavy (non-hydrogen) atoms. The minimum absolute atomic E-state index is 0.0553. The highest BCUT2D eigenvalue weighted by Gasteiger charge is 2.27. The van der Waals surface area contributed by atoms with E-state index in [0.29, 0.717) is 18.2 Å². The molecule has 0 spiro atoms. The molecule has 1 N–H and O–H groups in total. The van der Waals surface area contributed by atoms with Gasteiger partial charge in [-0.05, 0) is 18.4 Å². The number of ether oxygens (including phenoxy) is 1. The van der Waals surface area contributed by atoms with Crippen LogP contribution in [0.3, 0.4) is 0 Å². The first-order valence-electron chi connectivity index (χ1n) is 7.50. The Morgan fingerprint density at radius 2 is 2.00 bits per heavy atom. The molecule has 6 heteroatoms. The fourth-order valence-corrected chi connectivity index (χ4v) is 2.49. The van der Waals surface area contributed by atoms with Gasteiger partial charge >= 0.3 is 5.97 Å². The molecule has 0 amide bonds. The highest BCUT2D eigenvalue weighted by atomic mass is 16.5. The first kappa shape index (κ1) is 13.8. The first-order valence-corrected chi connectivity index (χ1v) is 7.50. The van der Waals surface area contributed by atoms with Gasteiger partial charge < -0.3 is 9.84 Å². The summed E-state index contributed by atoms with van der Waals surface area (Å²) in [5.74, 6) is -0.357. The number of fused-ring (bicyclic) bond motifs is 1. The summed E-state index contributed by atoms with van der Waals surface area (Å²) in [6.45, 7) is 0.318. The average Bonchev–Trinajstić information content (AvgIpc) is 3.32. The van der Waals surface area contributed by atoms with Gasteiger partial charge in [-0.15, -0.1) is 0 Å². The van der Waals surface area contributed by atoms with Crippen LogP contribution < -0.4 is 4.74 Å². The monoisotopic (exact) mass is 309 g/mol. The summed E-state index contributed by atoms with van der Waals surface area (Å²) in [7, 11) is 0. The lowest BCUT2D eigenvalue weighted by Gasteiger charge is -2.07. The van der Waals surface area contributed by atoms with Crippen molar-refractivity contribution in [3.8, 4) is 5.88 Å². The number of imidazole rings is 1. The Hall–Kier alpha value is -2.89. The molecule has 116 valence electrons. The summed E-state index contributed by atoms with van der Waals surface area (Å²) >= 11 is 0. The largest absolute Gasteiger partial charge is 0.476 e. The van der Waals surface area contributed by atoms with E-state index in [4.69, 9.17) is 4.74 Å². The van der Waals surface area contributed by atoms with Gasteiger partial charge in [-0.25, -0.2) is 14.8 Å². The summed E-state index contributed by atoms with van der Waals surface area (Å²) in [5, 5.41) is 9.23. The molecule has 0 bridgehead atoms. The minimum atomic E-state index is -1.09. The van der Waals surface area contributed by atoms with E-state index in [1.165, 1.54) is 6.20 Å². The number of aromatic nitrogens is 3. The molecule has 2 heterocycles. The standard InChI is InChI=1S/C17H15N3O3/c21-17(22)14-9-20-8-13(12-6-7-12)18-15(20)16(19-14)23-10-11-4-2-1-3-5-11/h1-5,8-9,12H,6-7,10H2,(H,21,22). The molecule has 0 atom stereocenters. The molecule has 4 rings (SSSR count). The predicted octanol–water partition coefficient (Wildman–Crippen LogP) is 2.88. The van der Waals surface area contributed by atoms with Crippen LogP contribution in [0, 0.1) is 0 Å². The Kier molecular flexibility index (Phi) is 3.22. The van der Waals surface area contributed by atoms with E-state index in [2.05, 4.69) is 9.97 Å². The normalized spacial score (nSPS) is 14.1. The molecule has 2 aromatic heterocycles. The summed E-state index contributed by atoms with van der Waals surface area (Å²) in [6.07, 6.45) is 5.61. The Morgan fingerprint density at radius 3 is 2.70 bits per heavy atom. The van der Waals surface area contributed by atoms with E-state index in [9.17, 15) is 9.90 Å². The van der Waals surface area contributed by atoms with Crippen LogP contribution in [0.15, 0.2) is 42.7 Å². The lowest BCUT2D eigenvalue weighted by molar-refractivity contribution is 0.0688. The Balaban J connectivity index is 1.71. The van der Waals surface area contributed by atoms with Gasteiger partial charge in [0, 0.05) is 18.3 Å². The lowest BCUT2D eigenvalue weighted by atomic mass is 10.2. The fourth-order valence-electron chi connectivity index (χ4n) is 2.49. The van der Waals surface area contributed by atoms with Crippen molar-refractivity contribution in [3.63, 3.8) is 0 Å². The second kappa shape index (κ2) is 5.39. The van der Waals surface area contributed by atoms with Gasteiger partial charge in [-0.3, -0.25) is 4.40 Å². The van der Waals surface area contributed by atoms with E-state index in [0.717, 1.165) is 24.1 Å². The molecule has 1 saturated carbocycles. The number of rotatable bonds is 5. The number of carbonyl (C=O) groups is 1. The fraction of sp³-hybridized carbons (Fsp3) is 0.235. The van der Waals surface area contributed by atoms with Crippen LogP contribution in [0.5, 0.6) is 5.88 Å². The third kappa shape index (κ3) is 2.75. The van der Waals surface area contributed by atoms with E-state index in [-0.39, 0.29) is 11.6 Å². The van der Waals surface area contributed by atoms with Crippen LogP contribution in [0.4, 0.5) is 0 Å². The van der Waals surface area contributed by atoms with Crippen molar-refractivity contribution in [3.05, 3.63) is 59.7 Å². The maximum absolute atomic E-state index is 11.3. The van der Waals surface area contributed by atoms with Gasteiger partial charge in [-0.2, -0.15) is 0 Å². The molecular weight excluding hydrogens is 294 g/mol. The second-order valence-electron chi connectivity index (χ2n) is 5.68.